The summed E-state index contributed by atoms with van der Waals surface area (Å²) in [6.45, 7) is 0. The average Bonchev–Trinajstić information content (AvgIpc) is 3.15. The fourth-order valence-corrected chi connectivity index (χ4v) is 2.69. The predicted molar refractivity (Wildman–Crippen MR) is 109 cm³/mol. The van der Waals surface area contributed by atoms with Crippen molar-refractivity contribution in [2.45, 2.75) is 0 Å². The van der Waals surface area contributed by atoms with Gasteiger partial charge in [-0.15, -0.1) is 0 Å². The van der Waals surface area contributed by atoms with E-state index in [-0.39, 0.29) is 0 Å². The molecule has 4 nitrogen and oxygen atoms in total. The van der Waals surface area contributed by atoms with E-state index in [0.717, 1.165) is 32.8 Å². The van der Waals surface area contributed by atoms with Gasteiger partial charge in [-0.1, -0.05) is 48.5 Å². The number of para-hydroxylation sites is 2. The molecule has 0 bridgehead atoms. The molecule has 0 unspecified atom stereocenters. The van der Waals surface area contributed by atoms with Gasteiger partial charge in [0.25, 0.3) is 0 Å². The van der Waals surface area contributed by atoms with Crippen LogP contribution in [0.3, 0.4) is 0 Å². The number of nitrogens with zero attached hydrogens (tertiary/aromatic N) is 1. The summed E-state index contributed by atoms with van der Waals surface area (Å²) in [7, 11) is 0. The second-order valence-corrected chi connectivity index (χ2v) is 5.87. The molecule has 0 aliphatic heterocycles. The molecule has 0 saturated heterocycles. The molecule has 0 amide bonds. The van der Waals surface area contributed by atoms with Gasteiger partial charge in [0.15, 0.2) is 0 Å². The fourth-order valence-electron chi connectivity index (χ4n) is 2.69. The van der Waals surface area contributed by atoms with E-state index in [4.69, 9.17) is 8.83 Å². The second-order valence-electron chi connectivity index (χ2n) is 5.87. The molecule has 2 aromatic heterocycles. The molecule has 0 aliphatic carbocycles. The van der Waals surface area contributed by atoms with Gasteiger partial charge in [-0.05, 0) is 36.4 Å². The van der Waals surface area contributed by atoms with E-state index >= 15 is 0 Å². The summed E-state index contributed by atoms with van der Waals surface area (Å²) in [4.78, 5) is 0. The summed E-state index contributed by atoms with van der Waals surface area (Å²) in [5.74, 6) is 0. The van der Waals surface area contributed by atoms with Crippen LogP contribution >= 0.6 is 0 Å². The second kappa shape index (κ2) is 8.06. The SMILES string of the molecule is c1ccoc2ccccc2ccc2[nH]ncc2ccc2ccccc2oc1. The largest absolute Gasteiger partial charge is 0.464 e. The van der Waals surface area contributed by atoms with Gasteiger partial charge in [-0.3, -0.25) is 5.10 Å². The number of H-pyrrole nitrogens is 1. The number of aromatic nitrogens is 2. The van der Waals surface area contributed by atoms with Crippen LogP contribution in [0, 0.1) is 0 Å². The molecular formula is C23H18N2O2. The van der Waals surface area contributed by atoms with Gasteiger partial charge in [0.1, 0.15) is 11.2 Å². The van der Waals surface area contributed by atoms with Crippen LogP contribution in [0.1, 0.15) is 0 Å². The average molecular weight is 354 g/mol. The minimum Gasteiger partial charge on any atom is -0.464 e. The topological polar surface area (TPSA) is 55.0 Å². The van der Waals surface area contributed by atoms with Crippen molar-refractivity contribution < 1.29 is 8.83 Å². The molecule has 0 fully saturated rings. The number of nitrogens with one attached hydrogen (secondary N) is 1. The third kappa shape index (κ3) is 4.07. The molecule has 4 rings (SSSR count). The first kappa shape index (κ1) is 16.7. The lowest BCUT2D eigenvalue weighted by atomic mass is 10.2. The lowest BCUT2D eigenvalue weighted by Gasteiger charge is -1.91. The molecule has 4 heteroatoms. The summed E-state index contributed by atoms with van der Waals surface area (Å²) in [6, 6.07) is 27.3. The maximum atomic E-state index is 5.75. The zero-order valence-corrected chi connectivity index (χ0v) is 14.6. The van der Waals surface area contributed by atoms with Crippen molar-refractivity contribution in [2.75, 3.05) is 0 Å². The Morgan fingerprint density at radius 3 is 1.78 bits per heavy atom. The van der Waals surface area contributed by atoms with Gasteiger partial charge < -0.3 is 8.83 Å². The highest BCUT2D eigenvalue weighted by molar-refractivity contribution is 5.82. The Morgan fingerprint density at radius 2 is 1.11 bits per heavy atom. The van der Waals surface area contributed by atoms with Gasteiger partial charge in [-0.25, -0.2) is 0 Å². The first-order valence-corrected chi connectivity index (χ1v) is 8.63. The smallest absolute Gasteiger partial charge is 0.133 e. The fraction of sp³-hybridized carbons (Fsp3) is 0. The van der Waals surface area contributed by atoms with Crippen LogP contribution in [0.25, 0.3) is 32.8 Å². The van der Waals surface area contributed by atoms with Crippen LogP contribution in [0.15, 0.2) is 112 Å². The highest BCUT2D eigenvalue weighted by Gasteiger charge is 1.92. The number of fused-ring (bicyclic) bond motifs is 3. The van der Waals surface area contributed by atoms with Crippen molar-refractivity contribution in [3.8, 4) is 0 Å². The van der Waals surface area contributed by atoms with Gasteiger partial charge in [0.2, 0.25) is 0 Å². The van der Waals surface area contributed by atoms with Crippen molar-refractivity contribution in [1.29, 1.82) is 0 Å². The minimum atomic E-state index is 0.772. The van der Waals surface area contributed by atoms with Gasteiger partial charge in [0, 0.05) is 16.2 Å². The standard InChI is InChI=1S/C23H18N2O2/c1-3-9-22-18(7-1)11-12-20-17-24-25-21(20)14-13-19-8-2-4-10-23(19)27-16-6-5-15-26-22/h1-17H,(H,24,25). The van der Waals surface area contributed by atoms with E-state index in [9.17, 15) is 0 Å². The molecule has 2 heterocycles. The maximum absolute atomic E-state index is 5.75. The quantitative estimate of drug-likeness (QED) is 0.396. The zero-order valence-electron chi connectivity index (χ0n) is 14.6. The number of hydrogen-bond acceptors (Lipinski definition) is 3. The Hall–Kier alpha value is -3.79. The molecule has 27 heavy (non-hydrogen) atoms. The van der Waals surface area contributed by atoms with E-state index in [2.05, 4.69) is 10.2 Å². The van der Waals surface area contributed by atoms with Crippen LogP contribution in [-0.2, 0) is 0 Å². The van der Waals surface area contributed by atoms with Crippen LogP contribution in [0.4, 0.5) is 0 Å². The summed E-state index contributed by atoms with van der Waals surface area (Å²) in [6.07, 6.45) is 5.06. The summed E-state index contributed by atoms with van der Waals surface area (Å²) >= 11 is 0. The van der Waals surface area contributed by atoms with E-state index in [0.29, 0.717) is 0 Å². The van der Waals surface area contributed by atoms with Crippen LogP contribution in [-0.4, -0.2) is 10.2 Å². The van der Waals surface area contributed by atoms with Gasteiger partial charge in [-0.2, -0.15) is 5.10 Å². The summed E-state index contributed by atoms with van der Waals surface area (Å²) in [5, 5.41) is 10.1. The summed E-state index contributed by atoms with van der Waals surface area (Å²) < 4.78 is 11.5. The Balaban J connectivity index is 2.05. The first-order valence-electron chi connectivity index (χ1n) is 8.63. The summed E-state index contributed by atoms with van der Waals surface area (Å²) in [5.41, 5.74) is 2.47. The molecular weight excluding hydrogens is 336 g/mol. The molecule has 4 aromatic rings. The van der Waals surface area contributed by atoms with Crippen molar-refractivity contribution in [1.82, 2.24) is 10.2 Å². The van der Waals surface area contributed by atoms with Crippen molar-refractivity contribution in [3.63, 3.8) is 0 Å². The highest BCUT2D eigenvalue weighted by atomic mass is 16.3. The molecule has 1 N–H and O–H groups in total. The molecule has 0 aliphatic rings. The van der Waals surface area contributed by atoms with Crippen LogP contribution in [0.5, 0.6) is 0 Å². The van der Waals surface area contributed by atoms with Crippen molar-refractivity contribution >= 4 is 32.8 Å². The predicted octanol–water partition coefficient (Wildman–Crippen LogP) is 6.43. The van der Waals surface area contributed by atoms with Crippen molar-refractivity contribution in [2.24, 2.45) is 0 Å². The van der Waals surface area contributed by atoms with E-state index in [1.165, 1.54) is 0 Å². The normalized spacial score (nSPS) is 10.2. The molecule has 0 saturated carbocycles. The Labute approximate surface area is 156 Å². The Morgan fingerprint density at radius 1 is 0.556 bits per heavy atom. The van der Waals surface area contributed by atoms with Crippen molar-refractivity contribution in [3.05, 3.63) is 104 Å². The third-order valence-corrected chi connectivity index (χ3v) is 4.07. The number of rotatable bonds is 0. The highest BCUT2D eigenvalue weighted by Crippen LogP contribution is 2.13. The molecule has 2 aromatic carbocycles. The van der Waals surface area contributed by atoms with Gasteiger partial charge >= 0.3 is 0 Å². The minimum absolute atomic E-state index is 0.772. The third-order valence-electron chi connectivity index (χ3n) is 4.07. The van der Waals surface area contributed by atoms with E-state index < -0.39 is 0 Å². The Kier molecular flexibility index (Phi) is 4.97. The lowest BCUT2D eigenvalue weighted by Crippen LogP contribution is -1.67. The molecule has 132 valence electrons. The molecule has 0 radical (unpaired) electrons. The first-order chi connectivity index (χ1) is 13.4. The van der Waals surface area contributed by atoms with Gasteiger partial charge in [0.05, 0.1) is 24.2 Å². The molecule has 0 spiro atoms. The lowest BCUT2D eigenvalue weighted by molar-refractivity contribution is 0.599. The molecule has 0 atom stereocenters. The zero-order chi connectivity index (χ0) is 18.3. The van der Waals surface area contributed by atoms with Crippen LogP contribution in [0.2, 0.25) is 0 Å². The number of benzene rings is 2. The number of hydrogen-bond donors (Lipinski definition) is 1. The van der Waals surface area contributed by atoms with E-state index in [1.54, 1.807) is 30.9 Å². The van der Waals surface area contributed by atoms with E-state index in [1.807, 2.05) is 72.8 Å². The Bertz CT molecular complexity index is 1150. The monoisotopic (exact) mass is 354 g/mol. The maximum Gasteiger partial charge on any atom is 0.133 e. The van der Waals surface area contributed by atoms with Crippen LogP contribution < -0.4 is 0 Å². The number of aromatic amines is 1.